The van der Waals surface area contributed by atoms with Gasteiger partial charge in [0.1, 0.15) is 17.2 Å². The van der Waals surface area contributed by atoms with Crippen LogP contribution < -0.4 is 24.3 Å². The normalized spacial score (nSPS) is 21.6. The number of phenols is 2. The number of para-hydroxylation sites is 1. The Morgan fingerprint density at radius 3 is 2.10 bits per heavy atom. The highest BCUT2D eigenvalue weighted by Crippen LogP contribution is 2.57. The third-order valence-corrected chi connectivity index (χ3v) is 10.7. The van der Waals surface area contributed by atoms with Gasteiger partial charge in [0.25, 0.3) is 5.91 Å². The van der Waals surface area contributed by atoms with Crippen molar-refractivity contribution in [1.29, 1.82) is 0 Å². The van der Waals surface area contributed by atoms with Crippen molar-refractivity contribution in [2.24, 2.45) is 0 Å². The molecule has 11 nitrogen and oxygen atoms in total. The van der Waals surface area contributed by atoms with Gasteiger partial charge in [-0.1, -0.05) is 24.3 Å². The molecule has 0 unspecified atom stereocenters. The molecule has 252 valence electrons. The highest BCUT2D eigenvalue weighted by molar-refractivity contribution is 5.94. The lowest BCUT2D eigenvalue weighted by Crippen LogP contribution is -2.64. The fraction of sp³-hybridized carbons (Fsp3) is 0.405. The lowest BCUT2D eigenvalue weighted by atomic mass is 9.73. The topological polar surface area (TPSA) is 126 Å². The van der Waals surface area contributed by atoms with Crippen molar-refractivity contribution < 1.29 is 34.0 Å². The zero-order valence-corrected chi connectivity index (χ0v) is 28.4. The number of carbonyl (C=O) groups excluding carboxylic acids is 1. The first kappa shape index (κ1) is 31.8. The van der Waals surface area contributed by atoms with Crippen molar-refractivity contribution in [3.05, 3.63) is 75.5 Å². The first-order chi connectivity index (χ1) is 23.1. The summed E-state index contributed by atoms with van der Waals surface area (Å²) in [5.74, 6) is 1.95. The summed E-state index contributed by atoms with van der Waals surface area (Å²) in [5, 5.41) is 27.7. The van der Waals surface area contributed by atoms with Gasteiger partial charge in [-0.3, -0.25) is 14.6 Å². The Kier molecular flexibility index (Phi) is 7.99. The number of likely N-dealkylation sites (N-methyl/N-ethyl adjacent to an activating group) is 1. The molecule has 3 N–H and O–H groups in total. The predicted octanol–water partition coefficient (Wildman–Crippen LogP) is 4.61. The summed E-state index contributed by atoms with van der Waals surface area (Å²) in [4.78, 5) is 22.9. The number of benzene rings is 3. The van der Waals surface area contributed by atoms with E-state index in [1.54, 1.807) is 27.4 Å². The third-order valence-electron chi connectivity index (χ3n) is 10.7. The van der Waals surface area contributed by atoms with E-state index in [0.717, 1.165) is 38.9 Å². The molecule has 1 fully saturated rings. The van der Waals surface area contributed by atoms with Crippen LogP contribution in [0.4, 0.5) is 0 Å². The summed E-state index contributed by atoms with van der Waals surface area (Å²) in [5.41, 5.74) is 5.80. The molecule has 4 aromatic rings. The Balaban J connectivity index is 1.36. The lowest BCUT2D eigenvalue weighted by Gasteiger charge is -2.58. The number of carbonyl (C=O) groups is 1. The first-order valence-corrected chi connectivity index (χ1v) is 16.2. The number of rotatable bonds is 7. The number of pyridine rings is 1. The maximum absolute atomic E-state index is 13.6. The zero-order chi connectivity index (χ0) is 34.0. The quantitative estimate of drug-likeness (QED) is 0.260. The van der Waals surface area contributed by atoms with Gasteiger partial charge in [-0.15, -0.1) is 0 Å². The van der Waals surface area contributed by atoms with E-state index in [9.17, 15) is 15.0 Å². The van der Waals surface area contributed by atoms with Crippen LogP contribution in [0.3, 0.4) is 0 Å². The Morgan fingerprint density at radius 2 is 1.46 bits per heavy atom. The number of ether oxygens (including phenoxy) is 4. The maximum Gasteiger partial charge on any atom is 0.269 e. The number of fused-ring (bicyclic) bond motifs is 8. The number of nitrogens with zero attached hydrogens (tertiary/aromatic N) is 3. The van der Waals surface area contributed by atoms with E-state index in [1.165, 1.54) is 7.11 Å². The van der Waals surface area contributed by atoms with Crippen LogP contribution in [0.2, 0.25) is 0 Å². The van der Waals surface area contributed by atoms with E-state index in [0.29, 0.717) is 53.5 Å². The molecule has 4 atom stereocenters. The molecule has 1 amide bonds. The number of phenolic OH excluding ortho intramolecular Hbond substituents is 2. The van der Waals surface area contributed by atoms with E-state index in [1.807, 2.05) is 44.2 Å². The van der Waals surface area contributed by atoms with Gasteiger partial charge < -0.3 is 34.5 Å². The average molecular weight is 655 g/mol. The van der Waals surface area contributed by atoms with E-state index >= 15 is 0 Å². The number of hydrogen-bond donors (Lipinski definition) is 3. The standard InChI is InChI=1S/C37H42N4O7/c1-18-33(45-4)22-14-21-17-41-26(30(40(21)3)29(22)32(43)36(18)48-7)15-23-28(31(42)35(47-6)19(2)34(23)46-5)27(41)16-38-37(44)25-13-12-20-10-8-9-11-24(20)39-25/h8-13,21,26-27,30,42-43H,14-17H2,1-7H3,(H,38,44)/t21-,26-,27-,30+/m0/s1. The number of piperazine rings is 1. The smallest absolute Gasteiger partial charge is 0.269 e. The van der Waals surface area contributed by atoms with Crippen molar-refractivity contribution in [2.45, 2.75) is 50.9 Å². The third kappa shape index (κ3) is 4.62. The molecule has 7 rings (SSSR count). The van der Waals surface area contributed by atoms with Gasteiger partial charge in [0.05, 0.1) is 46.0 Å². The Bertz CT molecular complexity index is 1950. The van der Waals surface area contributed by atoms with Gasteiger partial charge in [0, 0.05) is 63.9 Å². The second-order valence-electron chi connectivity index (χ2n) is 12.9. The summed E-state index contributed by atoms with van der Waals surface area (Å²) >= 11 is 0. The van der Waals surface area contributed by atoms with E-state index < -0.39 is 6.04 Å². The summed E-state index contributed by atoms with van der Waals surface area (Å²) in [7, 11) is 8.46. The minimum atomic E-state index is -0.441. The molecule has 4 heterocycles. The summed E-state index contributed by atoms with van der Waals surface area (Å²) in [6.07, 6.45) is 1.17. The van der Waals surface area contributed by atoms with Crippen molar-refractivity contribution in [3.63, 3.8) is 0 Å². The Labute approximate surface area is 280 Å². The molecule has 0 radical (unpaired) electrons. The van der Waals surface area contributed by atoms with Crippen LogP contribution in [0.5, 0.6) is 34.5 Å². The largest absolute Gasteiger partial charge is 0.504 e. The van der Waals surface area contributed by atoms with Crippen molar-refractivity contribution >= 4 is 16.8 Å². The molecular formula is C37H42N4O7. The van der Waals surface area contributed by atoms with Crippen molar-refractivity contribution in [1.82, 2.24) is 20.1 Å². The second-order valence-corrected chi connectivity index (χ2v) is 12.9. The molecule has 11 heteroatoms. The molecule has 1 aromatic heterocycles. The molecule has 3 aliphatic heterocycles. The SMILES string of the molecule is COc1c(C)c(OC)c2c(c1O)[C@H]1[C@@H]3Cc4c(OC)c(C)c(OC)c(O)c4[C@H](CNC(=O)c4ccc5ccccc5n4)N3C[C@H](C2)N1C. The summed E-state index contributed by atoms with van der Waals surface area (Å²) < 4.78 is 23.4. The van der Waals surface area contributed by atoms with Crippen LogP contribution >= 0.6 is 0 Å². The molecule has 3 aliphatic rings. The summed E-state index contributed by atoms with van der Waals surface area (Å²) in [6, 6.07) is 10.5. The number of amides is 1. The van der Waals surface area contributed by atoms with Crippen LogP contribution in [-0.2, 0) is 12.8 Å². The predicted molar refractivity (Wildman–Crippen MR) is 181 cm³/mol. The van der Waals surface area contributed by atoms with E-state index in [2.05, 4.69) is 27.1 Å². The Morgan fingerprint density at radius 1 is 0.854 bits per heavy atom. The molecule has 48 heavy (non-hydrogen) atoms. The van der Waals surface area contributed by atoms with Gasteiger partial charge in [0.2, 0.25) is 0 Å². The van der Waals surface area contributed by atoms with Gasteiger partial charge in [-0.25, -0.2) is 4.98 Å². The molecule has 0 saturated carbocycles. The molecule has 0 spiro atoms. The number of hydrogen-bond acceptors (Lipinski definition) is 10. The number of nitrogens with one attached hydrogen (secondary N) is 1. The second kappa shape index (κ2) is 12.1. The molecule has 1 saturated heterocycles. The molecule has 2 bridgehead atoms. The van der Waals surface area contributed by atoms with Gasteiger partial charge in [-0.2, -0.15) is 0 Å². The van der Waals surface area contributed by atoms with Gasteiger partial charge >= 0.3 is 0 Å². The molecular weight excluding hydrogens is 612 g/mol. The minimum Gasteiger partial charge on any atom is -0.504 e. The lowest BCUT2D eigenvalue weighted by molar-refractivity contribution is -0.0482. The van der Waals surface area contributed by atoms with Crippen LogP contribution in [0.1, 0.15) is 56.0 Å². The van der Waals surface area contributed by atoms with Gasteiger partial charge in [0.15, 0.2) is 23.0 Å². The fourth-order valence-corrected chi connectivity index (χ4v) is 8.61. The van der Waals surface area contributed by atoms with Crippen LogP contribution in [0, 0.1) is 13.8 Å². The summed E-state index contributed by atoms with van der Waals surface area (Å²) in [6.45, 7) is 4.62. The number of aromatic nitrogens is 1. The van der Waals surface area contributed by atoms with Crippen LogP contribution in [-0.4, -0.2) is 91.6 Å². The number of aromatic hydroxyl groups is 2. The maximum atomic E-state index is 13.6. The highest BCUT2D eigenvalue weighted by atomic mass is 16.5. The van der Waals surface area contributed by atoms with Gasteiger partial charge in [-0.05, 0) is 45.9 Å². The van der Waals surface area contributed by atoms with Crippen molar-refractivity contribution in [2.75, 3.05) is 48.6 Å². The monoisotopic (exact) mass is 654 g/mol. The van der Waals surface area contributed by atoms with Crippen molar-refractivity contribution in [3.8, 4) is 34.5 Å². The average Bonchev–Trinajstić information content (AvgIpc) is 3.08. The molecule has 0 aliphatic carbocycles. The minimum absolute atomic E-state index is 0.0404. The first-order valence-electron chi connectivity index (χ1n) is 16.2. The number of methoxy groups -OCH3 is 4. The van der Waals surface area contributed by atoms with E-state index in [-0.39, 0.29) is 42.1 Å². The highest BCUT2D eigenvalue weighted by Gasteiger charge is 2.53. The van der Waals surface area contributed by atoms with E-state index in [4.69, 9.17) is 18.9 Å². The fourth-order valence-electron chi connectivity index (χ4n) is 8.61. The van der Waals surface area contributed by atoms with Crippen LogP contribution in [0.15, 0.2) is 36.4 Å². The zero-order valence-electron chi connectivity index (χ0n) is 28.4. The Hall–Kier alpha value is -4.74. The molecule has 3 aromatic carbocycles. The van der Waals surface area contributed by atoms with Crippen LogP contribution in [0.25, 0.3) is 10.9 Å².